The molecule has 4 rings (SSSR count). The Hall–Kier alpha value is -2.51. The highest BCUT2D eigenvalue weighted by atomic mass is 35.5. The van der Waals surface area contributed by atoms with Crippen LogP contribution in [0.1, 0.15) is 12.0 Å². The van der Waals surface area contributed by atoms with Gasteiger partial charge in [0, 0.05) is 37.3 Å². The Labute approximate surface area is 159 Å². The van der Waals surface area contributed by atoms with Crippen LogP contribution in [0.15, 0.2) is 36.7 Å². The van der Waals surface area contributed by atoms with Crippen LogP contribution in [0.25, 0.3) is 11.0 Å². The van der Waals surface area contributed by atoms with Crippen molar-refractivity contribution < 1.29 is 13.6 Å². The predicted molar refractivity (Wildman–Crippen MR) is 99.6 cm³/mol. The molecule has 3 aromatic rings. The third-order valence-electron chi connectivity index (χ3n) is 4.74. The molecule has 5 nitrogen and oxygen atoms in total. The van der Waals surface area contributed by atoms with Gasteiger partial charge in [-0.2, -0.15) is 0 Å². The van der Waals surface area contributed by atoms with Gasteiger partial charge in [-0.25, -0.2) is 13.8 Å². The summed E-state index contributed by atoms with van der Waals surface area (Å²) in [7, 11) is 0. The average Bonchev–Trinajstić information content (AvgIpc) is 3.17. The molecule has 3 heterocycles. The second kappa shape index (κ2) is 7.25. The molecule has 1 atom stereocenters. The highest BCUT2D eigenvalue weighted by Crippen LogP contribution is 2.29. The molecule has 0 spiro atoms. The van der Waals surface area contributed by atoms with Crippen LogP contribution in [-0.2, 0) is 11.3 Å². The summed E-state index contributed by atoms with van der Waals surface area (Å²) >= 11 is 6.13. The molecular formula is C19H17ClF2N4O. The minimum Gasteiger partial charge on any atom is -0.345 e. The van der Waals surface area contributed by atoms with Crippen LogP contribution in [0.5, 0.6) is 0 Å². The van der Waals surface area contributed by atoms with Crippen molar-refractivity contribution in [3.63, 3.8) is 0 Å². The van der Waals surface area contributed by atoms with Gasteiger partial charge >= 0.3 is 0 Å². The molecule has 0 radical (unpaired) electrons. The van der Waals surface area contributed by atoms with Gasteiger partial charge in [0.15, 0.2) is 0 Å². The Morgan fingerprint density at radius 1 is 1.26 bits per heavy atom. The van der Waals surface area contributed by atoms with Crippen LogP contribution in [-0.4, -0.2) is 29.0 Å². The van der Waals surface area contributed by atoms with Gasteiger partial charge in [0.05, 0.1) is 22.8 Å². The number of nitrogens with zero attached hydrogens (tertiary/aromatic N) is 2. The highest BCUT2D eigenvalue weighted by Gasteiger charge is 2.32. The Balaban J connectivity index is 1.39. The standard InChI is InChI=1S/C19H17ClF2N4O/c20-17-10-25-18-16(17)6-15(9-24-18)26-2-1-12(19(26)27)8-23-7-11-3-13(21)5-14(22)4-11/h3-6,9-10,12,23H,1-2,7-8H2,(H,24,25). The van der Waals surface area contributed by atoms with E-state index in [-0.39, 0.29) is 11.8 Å². The summed E-state index contributed by atoms with van der Waals surface area (Å²) in [6.45, 7) is 1.33. The van der Waals surface area contributed by atoms with E-state index in [4.69, 9.17) is 11.6 Å². The number of carbonyl (C=O) groups is 1. The Bertz CT molecular complexity index is 986. The van der Waals surface area contributed by atoms with Crippen LogP contribution in [0.3, 0.4) is 0 Å². The van der Waals surface area contributed by atoms with Gasteiger partial charge in [0.2, 0.25) is 5.91 Å². The fourth-order valence-corrected chi connectivity index (χ4v) is 3.59. The number of amides is 1. The zero-order valence-electron chi connectivity index (χ0n) is 14.3. The number of fused-ring (bicyclic) bond motifs is 1. The number of aromatic amines is 1. The topological polar surface area (TPSA) is 61.0 Å². The smallest absolute Gasteiger partial charge is 0.231 e. The third kappa shape index (κ3) is 3.65. The van der Waals surface area contributed by atoms with E-state index in [2.05, 4.69) is 15.3 Å². The van der Waals surface area contributed by atoms with Gasteiger partial charge in [-0.15, -0.1) is 0 Å². The summed E-state index contributed by atoms with van der Waals surface area (Å²) in [6, 6.07) is 5.24. The SMILES string of the molecule is O=C1C(CNCc2cc(F)cc(F)c2)CCN1c1cnc2[nH]cc(Cl)c2c1. The first-order valence-electron chi connectivity index (χ1n) is 8.61. The maximum Gasteiger partial charge on any atom is 0.231 e. The quantitative estimate of drug-likeness (QED) is 0.699. The lowest BCUT2D eigenvalue weighted by molar-refractivity contribution is -0.120. The van der Waals surface area contributed by atoms with E-state index in [9.17, 15) is 13.6 Å². The molecule has 27 heavy (non-hydrogen) atoms. The van der Waals surface area contributed by atoms with Crippen LogP contribution >= 0.6 is 11.6 Å². The number of carbonyl (C=O) groups excluding carboxylic acids is 1. The number of hydrogen-bond donors (Lipinski definition) is 2. The van der Waals surface area contributed by atoms with E-state index in [0.717, 1.165) is 11.5 Å². The Kier molecular flexibility index (Phi) is 4.80. The molecule has 0 bridgehead atoms. The lowest BCUT2D eigenvalue weighted by Crippen LogP contribution is -2.32. The third-order valence-corrected chi connectivity index (χ3v) is 5.05. The normalized spacial score (nSPS) is 17.2. The summed E-state index contributed by atoms with van der Waals surface area (Å²) in [5, 5.41) is 4.45. The van der Waals surface area contributed by atoms with Gasteiger partial charge < -0.3 is 15.2 Å². The molecule has 0 aliphatic carbocycles. The molecule has 1 unspecified atom stereocenters. The first kappa shape index (κ1) is 17.9. The predicted octanol–water partition coefficient (Wildman–Crippen LogP) is 3.64. The summed E-state index contributed by atoms with van der Waals surface area (Å²) in [6.07, 6.45) is 4.01. The number of rotatable bonds is 5. The first-order valence-corrected chi connectivity index (χ1v) is 8.99. The number of hydrogen-bond acceptors (Lipinski definition) is 3. The van der Waals surface area contributed by atoms with Crippen molar-refractivity contribution in [3.8, 4) is 0 Å². The molecule has 1 amide bonds. The second-order valence-electron chi connectivity index (χ2n) is 6.61. The molecule has 1 saturated heterocycles. The molecule has 140 valence electrons. The lowest BCUT2D eigenvalue weighted by Gasteiger charge is -2.17. The minimum absolute atomic E-state index is 0.000677. The van der Waals surface area contributed by atoms with Gasteiger partial charge in [-0.1, -0.05) is 11.6 Å². The molecule has 2 aromatic heterocycles. The van der Waals surface area contributed by atoms with Crippen LogP contribution in [0.2, 0.25) is 5.02 Å². The summed E-state index contributed by atoms with van der Waals surface area (Å²) in [4.78, 5) is 21.7. The van der Waals surface area contributed by atoms with Crippen molar-refractivity contribution in [2.75, 3.05) is 18.0 Å². The van der Waals surface area contributed by atoms with Crippen LogP contribution in [0, 0.1) is 17.6 Å². The van der Waals surface area contributed by atoms with Crippen molar-refractivity contribution in [1.29, 1.82) is 0 Å². The van der Waals surface area contributed by atoms with Gasteiger partial charge in [0.1, 0.15) is 17.3 Å². The van der Waals surface area contributed by atoms with E-state index < -0.39 is 11.6 Å². The number of aromatic nitrogens is 2. The van der Waals surface area contributed by atoms with Crippen molar-refractivity contribution in [2.45, 2.75) is 13.0 Å². The number of pyridine rings is 1. The van der Waals surface area contributed by atoms with E-state index >= 15 is 0 Å². The van der Waals surface area contributed by atoms with E-state index in [1.54, 1.807) is 17.3 Å². The molecular weight excluding hydrogens is 374 g/mol. The molecule has 0 saturated carbocycles. The van der Waals surface area contributed by atoms with Gasteiger partial charge in [-0.05, 0) is 30.2 Å². The average molecular weight is 391 g/mol. The Morgan fingerprint density at radius 3 is 2.81 bits per heavy atom. The van der Waals surface area contributed by atoms with Crippen molar-refractivity contribution in [2.24, 2.45) is 5.92 Å². The fraction of sp³-hybridized carbons (Fsp3) is 0.263. The van der Waals surface area contributed by atoms with E-state index in [0.29, 0.717) is 48.0 Å². The van der Waals surface area contributed by atoms with E-state index in [1.165, 1.54) is 12.1 Å². The molecule has 1 fully saturated rings. The second-order valence-corrected chi connectivity index (χ2v) is 7.02. The maximum absolute atomic E-state index is 13.2. The van der Waals surface area contributed by atoms with E-state index in [1.807, 2.05) is 6.07 Å². The fourth-order valence-electron chi connectivity index (χ4n) is 3.40. The molecule has 1 aromatic carbocycles. The summed E-state index contributed by atoms with van der Waals surface area (Å²) in [5.74, 6) is -1.41. The zero-order chi connectivity index (χ0) is 19.0. The number of H-pyrrole nitrogens is 1. The molecule has 1 aliphatic rings. The van der Waals surface area contributed by atoms with Gasteiger partial charge in [-0.3, -0.25) is 4.79 Å². The first-order chi connectivity index (χ1) is 13.0. The Morgan fingerprint density at radius 2 is 2.04 bits per heavy atom. The number of nitrogens with one attached hydrogen (secondary N) is 2. The molecule has 2 N–H and O–H groups in total. The van der Waals surface area contributed by atoms with Crippen LogP contribution in [0.4, 0.5) is 14.5 Å². The largest absolute Gasteiger partial charge is 0.345 e. The molecule has 8 heteroatoms. The maximum atomic E-state index is 13.2. The summed E-state index contributed by atoms with van der Waals surface area (Å²) < 4.78 is 26.5. The lowest BCUT2D eigenvalue weighted by atomic mass is 10.1. The zero-order valence-corrected chi connectivity index (χ0v) is 15.1. The molecule has 1 aliphatic heterocycles. The monoisotopic (exact) mass is 390 g/mol. The summed E-state index contributed by atoms with van der Waals surface area (Å²) in [5.41, 5.74) is 1.89. The number of halogens is 3. The number of anilines is 1. The van der Waals surface area contributed by atoms with Gasteiger partial charge in [0.25, 0.3) is 0 Å². The highest BCUT2D eigenvalue weighted by molar-refractivity contribution is 6.35. The van der Waals surface area contributed by atoms with Crippen molar-refractivity contribution >= 4 is 34.2 Å². The number of benzene rings is 1. The van der Waals surface area contributed by atoms with Crippen LogP contribution < -0.4 is 10.2 Å². The van der Waals surface area contributed by atoms with Crippen molar-refractivity contribution in [3.05, 3.63) is 58.9 Å². The minimum atomic E-state index is -0.610. The van der Waals surface area contributed by atoms with Crippen molar-refractivity contribution in [1.82, 2.24) is 15.3 Å².